The summed E-state index contributed by atoms with van der Waals surface area (Å²) in [6, 6.07) is 11.4. The number of pyridine rings is 1. The van der Waals surface area contributed by atoms with E-state index in [1.54, 1.807) is 36.7 Å². The fourth-order valence-corrected chi connectivity index (χ4v) is 3.53. The molecular formula is C20H21F3N2O. The number of alkyl halides is 3. The quantitative estimate of drug-likeness (QED) is 0.687. The second kappa shape index (κ2) is 6.43. The molecule has 3 rings (SSSR count). The normalized spacial score (nSPS) is 17.0. The van der Waals surface area contributed by atoms with Crippen LogP contribution in [-0.2, 0) is 11.8 Å². The first-order chi connectivity index (χ1) is 12.1. The van der Waals surface area contributed by atoms with Crippen molar-refractivity contribution in [3.05, 3.63) is 66.1 Å². The van der Waals surface area contributed by atoms with E-state index in [4.69, 9.17) is 0 Å². The van der Waals surface area contributed by atoms with Crippen molar-refractivity contribution >= 4 is 10.9 Å². The van der Waals surface area contributed by atoms with E-state index >= 15 is 0 Å². The Morgan fingerprint density at radius 1 is 1.08 bits per heavy atom. The highest BCUT2D eigenvalue weighted by Gasteiger charge is 2.54. The number of hydrogen-bond donors (Lipinski definition) is 2. The molecule has 2 atom stereocenters. The Morgan fingerprint density at radius 3 is 2.38 bits per heavy atom. The zero-order valence-corrected chi connectivity index (χ0v) is 14.6. The number of nitrogens with zero attached hydrogens (tertiary/aromatic N) is 1. The fraction of sp³-hybridized carbons (Fsp3) is 0.350. The Labute approximate surface area is 149 Å². The number of nitrogens with one attached hydrogen (secondary N) is 1. The third-order valence-electron chi connectivity index (χ3n) is 4.82. The topological polar surface area (TPSA) is 48.9 Å². The summed E-state index contributed by atoms with van der Waals surface area (Å²) in [5.41, 5.74) is -2.03. The van der Waals surface area contributed by atoms with Crippen LogP contribution in [0.4, 0.5) is 13.2 Å². The van der Waals surface area contributed by atoms with Crippen molar-refractivity contribution in [3.8, 4) is 0 Å². The van der Waals surface area contributed by atoms with E-state index < -0.39 is 23.6 Å². The van der Waals surface area contributed by atoms with Gasteiger partial charge in [-0.05, 0) is 38.0 Å². The molecule has 0 aliphatic heterocycles. The Hall–Kier alpha value is -2.34. The molecule has 1 aromatic carbocycles. The SMILES string of the molecule is CC(O)(Cc1cc2cnccc2[nH]1)CC(C)(c1ccccc1)C(F)(F)F. The summed E-state index contributed by atoms with van der Waals surface area (Å²) in [7, 11) is 0. The highest BCUT2D eigenvalue weighted by Crippen LogP contribution is 2.46. The Kier molecular flexibility index (Phi) is 4.56. The van der Waals surface area contributed by atoms with Crippen LogP contribution in [0.15, 0.2) is 54.9 Å². The fourth-order valence-electron chi connectivity index (χ4n) is 3.53. The van der Waals surface area contributed by atoms with Gasteiger partial charge in [0, 0.05) is 35.4 Å². The van der Waals surface area contributed by atoms with E-state index in [2.05, 4.69) is 9.97 Å². The Balaban J connectivity index is 1.89. The second-order valence-electron chi connectivity index (χ2n) is 7.30. The number of aliphatic hydroxyl groups is 1. The number of benzene rings is 1. The molecule has 6 heteroatoms. The molecule has 2 unspecified atom stereocenters. The van der Waals surface area contributed by atoms with Gasteiger partial charge in [0.1, 0.15) is 0 Å². The van der Waals surface area contributed by atoms with Gasteiger partial charge in [-0.25, -0.2) is 0 Å². The lowest BCUT2D eigenvalue weighted by Crippen LogP contribution is -2.46. The largest absolute Gasteiger partial charge is 0.398 e. The summed E-state index contributed by atoms with van der Waals surface area (Å²) in [6.07, 6.45) is -1.53. The molecule has 0 amide bonds. The summed E-state index contributed by atoms with van der Waals surface area (Å²) in [5.74, 6) is 0. The molecule has 138 valence electrons. The highest BCUT2D eigenvalue weighted by atomic mass is 19.4. The van der Waals surface area contributed by atoms with Gasteiger partial charge in [-0.2, -0.15) is 13.2 Å². The molecule has 0 saturated heterocycles. The molecule has 0 spiro atoms. The zero-order chi connectivity index (χ0) is 19.0. The summed E-state index contributed by atoms with van der Waals surface area (Å²) in [6.45, 7) is 2.59. The van der Waals surface area contributed by atoms with Crippen molar-refractivity contribution in [1.29, 1.82) is 0 Å². The average Bonchev–Trinajstić information content (AvgIpc) is 2.95. The number of rotatable bonds is 5. The Morgan fingerprint density at radius 2 is 1.77 bits per heavy atom. The van der Waals surface area contributed by atoms with Crippen LogP contribution < -0.4 is 0 Å². The molecule has 0 aliphatic rings. The van der Waals surface area contributed by atoms with Gasteiger partial charge in [0.15, 0.2) is 0 Å². The number of H-pyrrole nitrogens is 1. The average molecular weight is 362 g/mol. The van der Waals surface area contributed by atoms with Crippen LogP contribution in [0, 0.1) is 0 Å². The van der Waals surface area contributed by atoms with Gasteiger partial charge in [-0.1, -0.05) is 30.3 Å². The summed E-state index contributed by atoms with van der Waals surface area (Å²) in [4.78, 5) is 7.16. The van der Waals surface area contributed by atoms with Crippen molar-refractivity contribution < 1.29 is 18.3 Å². The van der Waals surface area contributed by atoms with Crippen LogP contribution in [0.3, 0.4) is 0 Å². The van der Waals surface area contributed by atoms with E-state index in [1.165, 1.54) is 19.1 Å². The molecular weight excluding hydrogens is 341 g/mol. The van der Waals surface area contributed by atoms with Crippen molar-refractivity contribution in [2.24, 2.45) is 0 Å². The molecule has 3 nitrogen and oxygen atoms in total. The van der Waals surface area contributed by atoms with Gasteiger partial charge < -0.3 is 10.1 Å². The smallest absolute Gasteiger partial charge is 0.390 e. The predicted molar refractivity (Wildman–Crippen MR) is 94.9 cm³/mol. The molecule has 0 fully saturated rings. The molecule has 0 saturated carbocycles. The predicted octanol–water partition coefficient (Wildman–Crippen LogP) is 4.77. The number of aromatic nitrogens is 2. The lowest BCUT2D eigenvalue weighted by molar-refractivity contribution is -0.199. The van der Waals surface area contributed by atoms with Crippen molar-refractivity contribution in [2.45, 2.75) is 43.9 Å². The maximum atomic E-state index is 13.9. The number of aromatic amines is 1. The summed E-state index contributed by atoms with van der Waals surface area (Å²) >= 11 is 0. The number of fused-ring (bicyclic) bond motifs is 1. The molecule has 2 aromatic heterocycles. The molecule has 0 aliphatic carbocycles. The second-order valence-corrected chi connectivity index (χ2v) is 7.30. The van der Waals surface area contributed by atoms with E-state index in [1.807, 2.05) is 6.07 Å². The van der Waals surface area contributed by atoms with Gasteiger partial charge in [0.05, 0.1) is 11.0 Å². The van der Waals surface area contributed by atoms with Crippen LogP contribution >= 0.6 is 0 Å². The van der Waals surface area contributed by atoms with Gasteiger partial charge in [0.2, 0.25) is 0 Å². The van der Waals surface area contributed by atoms with Gasteiger partial charge in [-0.15, -0.1) is 0 Å². The molecule has 26 heavy (non-hydrogen) atoms. The molecule has 2 N–H and O–H groups in total. The molecule has 0 bridgehead atoms. The third-order valence-corrected chi connectivity index (χ3v) is 4.82. The first-order valence-electron chi connectivity index (χ1n) is 8.37. The van der Waals surface area contributed by atoms with E-state index in [9.17, 15) is 18.3 Å². The van der Waals surface area contributed by atoms with Crippen molar-refractivity contribution in [3.63, 3.8) is 0 Å². The van der Waals surface area contributed by atoms with Crippen LogP contribution in [0.2, 0.25) is 0 Å². The summed E-state index contributed by atoms with van der Waals surface area (Å²) < 4.78 is 41.7. The van der Waals surface area contributed by atoms with Gasteiger partial charge in [-0.3, -0.25) is 4.98 Å². The highest BCUT2D eigenvalue weighted by molar-refractivity contribution is 5.79. The third kappa shape index (κ3) is 3.60. The van der Waals surface area contributed by atoms with Crippen LogP contribution in [-0.4, -0.2) is 26.9 Å². The lowest BCUT2D eigenvalue weighted by Gasteiger charge is -2.38. The van der Waals surface area contributed by atoms with E-state index in [0.29, 0.717) is 5.69 Å². The lowest BCUT2D eigenvalue weighted by atomic mass is 9.72. The Bertz CT molecular complexity index is 854. The maximum Gasteiger partial charge on any atom is 0.398 e. The minimum Gasteiger partial charge on any atom is -0.390 e. The molecule has 3 aromatic rings. The first kappa shape index (κ1) is 18.5. The van der Waals surface area contributed by atoms with Crippen molar-refractivity contribution in [2.75, 3.05) is 0 Å². The molecule has 0 radical (unpaired) electrons. The van der Waals surface area contributed by atoms with E-state index in [0.717, 1.165) is 17.8 Å². The minimum atomic E-state index is -4.48. The zero-order valence-electron chi connectivity index (χ0n) is 14.6. The monoisotopic (exact) mass is 362 g/mol. The standard InChI is InChI=1S/C20H21F3N2O/c1-18(26,11-16-10-14-12-24-9-8-17(14)25-16)13-19(2,20(21,22)23)15-6-4-3-5-7-15/h3-10,12,25-26H,11,13H2,1-2H3. The van der Waals surface area contributed by atoms with Crippen LogP contribution in [0.5, 0.6) is 0 Å². The molecule has 2 heterocycles. The summed E-state index contributed by atoms with van der Waals surface area (Å²) in [5, 5.41) is 11.7. The van der Waals surface area contributed by atoms with Gasteiger partial charge in [0.25, 0.3) is 0 Å². The number of hydrogen-bond acceptors (Lipinski definition) is 2. The van der Waals surface area contributed by atoms with Crippen LogP contribution in [0.1, 0.15) is 31.5 Å². The van der Waals surface area contributed by atoms with E-state index in [-0.39, 0.29) is 12.0 Å². The van der Waals surface area contributed by atoms with Crippen molar-refractivity contribution in [1.82, 2.24) is 9.97 Å². The maximum absolute atomic E-state index is 13.9. The minimum absolute atomic E-state index is 0.0835. The first-order valence-corrected chi connectivity index (χ1v) is 8.37. The van der Waals surface area contributed by atoms with Gasteiger partial charge >= 0.3 is 6.18 Å². The van der Waals surface area contributed by atoms with Crippen LogP contribution in [0.25, 0.3) is 10.9 Å². The number of halogens is 3.